The van der Waals surface area contributed by atoms with Gasteiger partial charge < -0.3 is 10.2 Å². The van der Waals surface area contributed by atoms with Crippen LogP contribution in [0.1, 0.15) is 36.5 Å². The van der Waals surface area contributed by atoms with Crippen LogP contribution in [0.4, 0.5) is 5.69 Å². The number of carbonyl (C=O) groups is 2. The Kier molecular flexibility index (Phi) is 10.9. The van der Waals surface area contributed by atoms with Crippen molar-refractivity contribution in [3.05, 3.63) is 101 Å². The number of aryl methyl sites for hydroxylation is 1. The summed E-state index contributed by atoms with van der Waals surface area (Å²) in [6.07, 6.45) is 3.06. The van der Waals surface area contributed by atoms with Crippen molar-refractivity contribution in [2.45, 2.75) is 45.7 Å². The number of benzene rings is 3. The first-order valence-electron chi connectivity index (χ1n) is 13.0. The van der Waals surface area contributed by atoms with E-state index in [2.05, 4.69) is 5.32 Å². The molecule has 0 bridgehead atoms. The molecule has 0 heterocycles. The normalized spacial score (nSPS) is 12.0. The maximum absolute atomic E-state index is 14.0. The van der Waals surface area contributed by atoms with Gasteiger partial charge in [0.15, 0.2) is 0 Å². The molecule has 0 fully saturated rings. The number of carbonyl (C=O) groups excluding carboxylic acids is 2. The Morgan fingerprint density at radius 1 is 0.949 bits per heavy atom. The van der Waals surface area contributed by atoms with E-state index in [-0.39, 0.29) is 24.6 Å². The van der Waals surface area contributed by atoms with Crippen LogP contribution in [-0.4, -0.2) is 50.5 Å². The van der Waals surface area contributed by atoms with Gasteiger partial charge in [0.25, 0.3) is 0 Å². The number of hydrogen-bond donors (Lipinski definition) is 1. The first kappa shape index (κ1) is 30.2. The van der Waals surface area contributed by atoms with Gasteiger partial charge in [-0.25, -0.2) is 8.42 Å². The number of nitrogens with zero attached hydrogens (tertiary/aromatic N) is 2. The summed E-state index contributed by atoms with van der Waals surface area (Å²) in [4.78, 5) is 29.0. The molecule has 3 rings (SSSR count). The minimum absolute atomic E-state index is 0.144. The molecular weight excluding hydrogens is 534 g/mol. The summed E-state index contributed by atoms with van der Waals surface area (Å²) >= 11 is 6.13. The van der Waals surface area contributed by atoms with Crippen molar-refractivity contribution in [2.24, 2.45) is 0 Å². The highest BCUT2D eigenvalue weighted by atomic mass is 35.5. The zero-order chi connectivity index (χ0) is 28.4. The summed E-state index contributed by atoms with van der Waals surface area (Å²) in [6, 6.07) is 22.7. The summed E-state index contributed by atoms with van der Waals surface area (Å²) in [5.41, 5.74) is 3.08. The minimum Gasteiger partial charge on any atom is -0.354 e. The topological polar surface area (TPSA) is 86.8 Å². The molecule has 3 aromatic rings. The molecule has 0 saturated heterocycles. The molecule has 0 spiro atoms. The maximum Gasteiger partial charge on any atom is 0.244 e. The average Bonchev–Trinajstić information content (AvgIpc) is 2.90. The van der Waals surface area contributed by atoms with E-state index in [1.165, 1.54) is 11.0 Å². The fourth-order valence-electron chi connectivity index (χ4n) is 4.20. The minimum atomic E-state index is -3.84. The van der Waals surface area contributed by atoms with Gasteiger partial charge >= 0.3 is 0 Å². The van der Waals surface area contributed by atoms with Gasteiger partial charge in [-0.05, 0) is 42.7 Å². The molecule has 0 aliphatic heterocycles. The lowest BCUT2D eigenvalue weighted by atomic mass is 10.0. The monoisotopic (exact) mass is 569 g/mol. The van der Waals surface area contributed by atoms with Gasteiger partial charge in [0.1, 0.15) is 12.6 Å². The van der Waals surface area contributed by atoms with Crippen LogP contribution < -0.4 is 9.62 Å². The zero-order valence-corrected chi connectivity index (χ0v) is 24.2. The molecule has 1 atom stereocenters. The third kappa shape index (κ3) is 9.11. The Morgan fingerprint density at radius 3 is 2.26 bits per heavy atom. The summed E-state index contributed by atoms with van der Waals surface area (Å²) in [5, 5.41) is 3.32. The second-order valence-corrected chi connectivity index (χ2v) is 12.0. The lowest BCUT2D eigenvalue weighted by Crippen LogP contribution is -2.53. The first-order chi connectivity index (χ1) is 18.6. The van der Waals surface area contributed by atoms with E-state index in [0.29, 0.717) is 11.6 Å². The van der Waals surface area contributed by atoms with Gasteiger partial charge in [0.05, 0.1) is 11.9 Å². The highest BCUT2D eigenvalue weighted by molar-refractivity contribution is 7.92. The van der Waals surface area contributed by atoms with Crippen molar-refractivity contribution in [3.8, 4) is 0 Å². The quantitative estimate of drug-likeness (QED) is 0.294. The first-order valence-corrected chi connectivity index (χ1v) is 15.2. The third-order valence-electron chi connectivity index (χ3n) is 6.35. The number of hydrogen-bond acceptors (Lipinski definition) is 4. The third-order valence-corrected chi connectivity index (χ3v) is 7.73. The molecule has 3 aromatic carbocycles. The molecule has 7 nitrogen and oxygen atoms in total. The van der Waals surface area contributed by atoms with E-state index in [0.717, 1.165) is 40.1 Å². The number of amides is 2. The SMILES string of the molecule is CCCCNC(=O)[C@H](Cc1ccccc1)N(Cc1ccc(C)cc1)C(=O)CN(c1cccc(Cl)c1)S(C)(=O)=O. The summed E-state index contributed by atoms with van der Waals surface area (Å²) in [5.74, 6) is -0.769. The number of rotatable bonds is 13. The highest BCUT2D eigenvalue weighted by Gasteiger charge is 2.33. The van der Waals surface area contributed by atoms with Gasteiger partial charge in [0.2, 0.25) is 21.8 Å². The van der Waals surface area contributed by atoms with Crippen molar-refractivity contribution >= 4 is 39.1 Å². The van der Waals surface area contributed by atoms with Crippen LogP contribution in [0.25, 0.3) is 0 Å². The lowest BCUT2D eigenvalue weighted by molar-refractivity contribution is -0.140. The van der Waals surface area contributed by atoms with Crippen molar-refractivity contribution in [3.63, 3.8) is 0 Å². The molecule has 0 aliphatic rings. The van der Waals surface area contributed by atoms with E-state index in [9.17, 15) is 18.0 Å². The maximum atomic E-state index is 14.0. The van der Waals surface area contributed by atoms with Crippen molar-refractivity contribution in [1.82, 2.24) is 10.2 Å². The predicted octanol–water partition coefficient (Wildman–Crippen LogP) is 4.97. The molecule has 1 N–H and O–H groups in total. The van der Waals surface area contributed by atoms with Crippen LogP contribution in [-0.2, 0) is 32.6 Å². The summed E-state index contributed by atoms with van der Waals surface area (Å²) in [7, 11) is -3.84. The highest BCUT2D eigenvalue weighted by Crippen LogP contribution is 2.23. The van der Waals surface area contributed by atoms with Crippen molar-refractivity contribution in [1.29, 1.82) is 0 Å². The number of unbranched alkanes of at least 4 members (excludes halogenated alkanes) is 1. The van der Waals surface area contributed by atoms with E-state index in [1.54, 1.807) is 18.2 Å². The number of sulfonamides is 1. The second-order valence-electron chi connectivity index (χ2n) is 9.61. The fraction of sp³-hybridized carbons (Fsp3) is 0.333. The van der Waals surface area contributed by atoms with E-state index < -0.39 is 28.5 Å². The summed E-state index contributed by atoms with van der Waals surface area (Å²) < 4.78 is 26.6. The lowest BCUT2D eigenvalue weighted by Gasteiger charge is -2.33. The molecule has 0 unspecified atom stereocenters. The molecule has 2 amide bonds. The van der Waals surface area contributed by atoms with Crippen LogP contribution in [0.3, 0.4) is 0 Å². The van der Waals surface area contributed by atoms with Crippen LogP contribution in [0.15, 0.2) is 78.9 Å². The second kappa shape index (κ2) is 14.1. The number of anilines is 1. The van der Waals surface area contributed by atoms with Gasteiger partial charge in [-0.2, -0.15) is 0 Å². The number of halogens is 1. The van der Waals surface area contributed by atoms with E-state index in [4.69, 9.17) is 11.6 Å². The summed E-state index contributed by atoms with van der Waals surface area (Å²) in [6.45, 7) is 4.17. The van der Waals surface area contributed by atoms with Crippen LogP contribution in [0, 0.1) is 6.92 Å². The molecule has 0 radical (unpaired) electrons. The van der Waals surface area contributed by atoms with Crippen LogP contribution in [0.5, 0.6) is 0 Å². The molecule has 39 heavy (non-hydrogen) atoms. The van der Waals surface area contributed by atoms with Gasteiger partial charge in [-0.15, -0.1) is 0 Å². The van der Waals surface area contributed by atoms with Gasteiger partial charge in [0, 0.05) is 24.5 Å². The molecule has 0 aromatic heterocycles. The molecular formula is C30H36ClN3O4S. The van der Waals surface area contributed by atoms with Gasteiger partial charge in [-0.3, -0.25) is 13.9 Å². The van der Waals surface area contributed by atoms with Crippen LogP contribution in [0.2, 0.25) is 5.02 Å². The van der Waals surface area contributed by atoms with Crippen molar-refractivity contribution < 1.29 is 18.0 Å². The smallest absolute Gasteiger partial charge is 0.244 e. The van der Waals surface area contributed by atoms with E-state index in [1.807, 2.05) is 68.4 Å². The zero-order valence-electron chi connectivity index (χ0n) is 22.6. The Morgan fingerprint density at radius 2 is 1.64 bits per heavy atom. The van der Waals surface area contributed by atoms with Crippen LogP contribution >= 0.6 is 11.6 Å². The molecule has 0 aliphatic carbocycles. The predicted molar refractivity (Wildman–Crippen MR) is 157 cm³/mol. The average molecular weight is 570 g/mol. The molecule has 208 valence electrons. The van der Waals surface area contributed by atoms with Crippen molar-refractivity contribution in [2.75, 3.05) is 23.7 Å². The standard InChI is InChI=1S/C30H36ClN3O4S/c1-4-5-18-32-30(36)28(19-24-10-7-6-8-11-24)33(21-25-16-14-23(2)15-17-25)29(35)22-34(39(3,37)38)27-13-9-12-26(31)20-27/h6-17,20,28H,4-5,18-19,21-22H2,1-3H3,(H,32,36)/t28-/m0/s1. The van der Waals surface area contributed by atoms with E-state index >= 15 is 0 Å². The molecule has 9 heteroatoms. The van der Waals surface area contributed by atoms with Gasteiger partial charge in [-0.1, -0.05) is 91.2 Å². The number of nitrogens with one attached hydrogen (secondary N) is 1. The Bertz CT molecular complexity index is 1350. The molecule has 0 saturated carbocycles. The Labute approximate surface area is 236 Å². The Hall–Kier alpha value is -3.36. The largest absolute Gasteiger partial charge is 0.354 e. The Balaban J connectivity index is 2.02. The fourth-order valence-corrected chi connectivity index (χ4v) is 5.22.